The molecule has 0 aromatic rings. The number of likely N-dealkylation sites (N-methyl/N-ethyl adjacent to an activating group) is 1. The van der Waals surface area contributed by atoms with Gasteiger partial charge in [0.25, 0.3) is 0 Å². The van der Waals surface area contributed by atoms with Crippen molar-refractivity contribution in [1.29, 1.82) is 0 Å². The first-order chi connectivity index (χ1) is 14.5. The Hall–Kier alpha value is -1.36. The van der Waals surface area contributed by atoms with Gasteiger partial charge in [0.15, 0.2) is 6.23 Å². The molecule has 0 heterocycles. The minimum Gasteiger partial charge on any atom is -0.441 e. The number of nitrogens with one attached hydrogen (secondary N) is 1. The maximum absolute atomic E-state index is 12.0. The van der Waals surface area contributed by atoms with Gasteiger partial charge in [-0.05, 0) is 46.2 Å². The summed E-state index contributed by atoms with van der Waals surface area (Å²) in [7, 11) is 3.63. The minimum atomic E-state index is -0.520. The van der Waals surface area contributed by atoms with Gasteiger partial charge in [-0.15, -0.1) is 0 Å². The van der Waals surface area contributed by atoms with Crippen molar-refractivity contribution in [2.24, 2.45) is 0 Å². The molecular formula is C25H48N2O3. The lowest BCUT2D eigenvalue weighted by molar-refractivity contribution is -0.153. The van der Waals surface area contributed by atoms with E-state index >= 15 is 0 Å². The highest BCUT2D eigenvalue weighted by Crippen LogP contribution is 2.10. The molecule has 0 radical (unpaired) electrons. The summed E-state index contributed by atoms with van der Waals surface area (Å²) in [5.41, 5.74) is 0. The van der Waals surface area contributed by atoms with E-state index in [1.165, 1.54) is 70.6 Å². The second kappa shape index (κ2) is 20.9. The molecule has 0 aromatic carbocycles. The van der Waals surface area contributed by atoms with Crippen molar-refractivity contribution in [2.75, 3.05) is 20.6 Å². The van der Waals surface area contributed by atoms with Crippen molar-refractivity contribution in [3.05, 3.63) is 12.2 Å². The van der Waals surface area contributed by atoms with Crippen LogP contribution in [0.1, 0.15) is 110 Å². The summed E-state index contributed by atoms with van der Waals surface area (Å²) in [5, 5.41) is 2.81. The molecule has 0 aliphatic heterocycles. The molecule has 0 saturated heterocycles. The summed E-state index contributed by atoms with van der Waals surface area (Å²) in [5.74, 6) is -0.342. The van der Waals surface area contributed by atoms with Crippen LogP contribution in [0.25, 0.3) is 0 Å². The standard InChI is InChI=1S/C25H48N2O3/c1-5-7-8-9-10-11-12-13-14-15-16-17-18-19-20-21-23(28)26-24(6-2)30-25(29)22-27(3)4/h13-14,24H,5-12,15-22H2,1-4H3,(H,26,28)/b14-13-. The van der Waals surface area contributed by atoms with Gasteiger partial charge in [0.05, 0.1) is 6.54 Å². The Labute approximate surface area is 186 Å². The number of esters is 1. The second-order valence-electron chi connectivity index (χ2n) is 8.53. The number of nitrogens with zero attached hydrogens (tertiary/aromatic N) is 1. The molecule has 0 aliphatic carbocycles. The van der Waals surface area contributed by atoms with Crippen LogP contribution in [0.4, 0.5) is 0 Å². The van der Waals surface area contributed by atoms with Gasteiger partial charge in [-0.2, -0.15) is 0 Å². The third-order valence-corrected chi connectivity index (χ3v) is 5.08. The monoisotopic (exact) mass is 424 g/mol. The molecule has 5 heteroatoms. The van der Waals surface area contributed by atoms with Gasteiger partial charge in [0, 0.05) is 12.8 Å². The summed E-state index contributed by atoms with van der Waals surface area (Å²) in [4.78, 5) is 25.5. The van der Waals surface area contributed by atoms with E-state index in [0.29, 0.717) is 12.8 Å². The molecule has 0 fully saturated rings. The van der Waals surface area contributed by atoms with Gasteiger partial charge in [-0.3, -0.25) is 14.5 Å². The number of hydrogen-bond donors (Lipinski definition) is 1. The van der Waals surface area contributed by atoms with Crippen molar-refractivity contribution >= 4 is 11.9 Å². The van der Waals surface area contributed by atoms with E-state index in [1.54, 1.807) is 4.90 Å². The van der Waals surface area contributed by atoms with Gasteiger partial charge in [-0.25, -0.2) is 0 Å². The first kappa shape index (κ1) is 28.6. The number of rotatable bonds is 20. The molecule has 0 saturated carbocycles. The van der Waals surface area contributed by atoms with Crippen LogP contribution in [0, 0.1) is 0 Å². The fraction of sp³-hybridized carbons (Fsp3) is 0.840. The summed E-state index contributed by atoms with van der Waals surface area (Å²) in [6.45, 7) is 4.38. The number of unbranched alkanes of at least 4 members (excludes halogenated alkanes) is 11. The molecule has 0 bridgehead atoms. The highest BCUT2D eigenvalue weighted by Gasteiger charge is 2.15. The average molecular weight is 425 g/mol. The molecule has 1 atom stereocenters. The molecule has 1 amide bonds. The Balaban J connectivity index is 3.55. The van der Waals surface area contributed by atoms with E-state index in [9.17, 15) is 9.59 Å². The predicted molar refractivity (Wildman–Crippen MR) is 126 cm³/mol. The van der Waals surface area contributed by atoms with Gasteiger partial charge in [0.2, 0.25) is 5.91 Å². The third kappa shape index (κ3) is 19.9. The maximum Gasteiger partial charge on any atom is 0.322 e. The van der Waals surface area contributed by atoms with Crippen LogP contribution < -0.4 is 5.32 Å². The zero-order valence-electron chi connectivity index (χ0n) is 20.2. The van der Waals surface area contributed by atoms with Crippen LogP contribution in [-0.2, 0) is 14.3 Å². The Bertz CT molecular complexity index is 450. The zero-order valence-corrected chi connectivity index (χ0v) is 20.2. The molecule has 176 valence electrons. The minimum absolute atomic E-state index is 0.0304. The first-order valence-corrected chi connectivity index (χ1v) is 12.3. The highest BCUT2D eigenvalue weighted by molar-refractivity contribution is 5.77. The first-order valence-electron chi connectivity index (χ1n) is 12.3. The van der Waals surface area contributed by atoms with Crippen LogP contribution in [-0.4, -0.2) is 43.6 Å². The van der Waals surface area contributed by atoms with E-state index in [-0.39, 0.29) is 18.4 Å². The van der Waals surface area contributed by atoms with E-state index in [0.717, 1.165) is 12.8 Å². The van der Waals surface area contributed by atoms with E-state index in [2.05, 4.69) is 24.4 Å². The topological polar surface area (TPSA) is 58.6 Å². The van der Waals surface area contributed by atoms with Crippen molar-refractivity contribution in [3.63, 3.8) is 0 Å². The molecular weight excluding hydrogens is 376 g/mol. The smallest absolute Gasteiger partial charge is 0.322 e. The largest absolute Gasteiger partial charge is 0.441 e. The molecule has 1 N–H and O–H groups in total. The van der Waals surface area contributed by atoms with Gasteiger partial charge >= 0.3 is 5.97 Å². The normalized spacial score (nSPS) is 12.4. The second-order valence-corrected chi connectivity index (χ2v) is 8.53. The van der Waals surface area contributed by atoms with Crippen LogP contribution >= 0.6 is 0 Å². The number of allylic oxidation sites excluding steroid dienone is 2. The predicted octanol–water partition coefficient (Wildman–Crippen LogP) is 5.98. The molecule has 0 spiro atoms. The third-order valence-electron chi connectivity index (χ3n) is 5.08. The van der Waals surface area contributed by atoms with E-state index in [4.69, 9.17) is 4.74 Å². The zero-order chi connectivity index (χ0) is 22.5. The fourth-order valence-corrected chi connectivity index (χ4v) is 3.28. The summed E-state index contributed by atoms with van der Waals surface area (Å²) >= 11 is 0. The van der Waals surface area contributed by atoms with Crippen LogP contribution in [0.3, 0.4) is 0 Å². The SMILES string of the molecule is CCCCCCCC/C=C\CCCCCCCC(=O)NC(CC)OC(=O)CN(C)C. The van der Waals surface area contributed by atoms with Crippen LogP contribution in [0.15, 0.2) is 12.2 Å². The molecule has 0 rings (SSSR count). The van der Waals surface area contributed by atoms with Crippen molar-refractivity contribution in [3.8, 4) is 0 Å². The van der Waals surface area contributed by atoms with Crippen molar-refractivity contribution < 1.29 is 14.3 Å². The van der Waals surface area contributed by atoms with Gasteiger partial charge in [-0.1, -0.05) is 77.4 Å². The maximum atomic E-state index is 12.0. The highest BCUT2D eigenvalue weighted by atomic mass is 16.6. The van der Waals surface area contributed by atoms with Gasteiger partial charge in [0.1, 0.15) is 0 Å². The summed E-state index contributed by atoms with van der Waals surface area (Å²) < 4.78 is 5.29. The Morgan fingerprint density at radius 1 is 0.833 bits per heavy atom. The Morgan fingerprint density at radius 2 is 1.37 bits per heavy atom. The number of carbonyl (C=O) groups is 2. The average Bonchev–Trinajstić information content (AvgIpc) is 2.69. The Kier molecular flexibility index (Phi) is 19.9. The molecule has 5 nitrogen and oxygen atoms in total. The molecule has 30 heavy (non-hydrogen) atoms. The molecule has 1 unspecified atom stereocenters. The van der Waals surface area contributed by atoms with Crippen LogP contribution in [0.2, 0.25) is 0 Å². The lowest BCUT2D eigenvalue weighted by atomic mass is 10.1. The number of ether oxygens (including phenoxy) is 1. The lowest BCUT2D eigenvalue weighted by Crippen LogP contribution is -2.39. The van der Waals surface area contributed by atoms with Crippen molar-refractivity contribution in [1.82, 2.24) is 10.2 Å². The molecule has 0 aromatic heterocycles. The quantitative estimate of drug-likeness (QED) is 0.113. The van der Waals surface area contributed by atoms with E-state index in [1.807, 2.05) is 21.0 Å². The summed E-state index contributed by atoms with van der Waals surface area (Å²) in [6, 6.07) is 0. The number of amides is 1. The Morgan fingerprint density at radius 3 is 1.90 bits per heavy atom. The van der Waals surface area contributed by atoms with E-state index < -0.39 is 6.23 Å². The van der Waals surface area contributed by atoms with Crippen molar-refractivity contribution in [2.45, 2.75) is 116 Å². The lowest BCUT2D eigenvalue weighted by Gasteiger charge is -2.19. The fourth-order valence-electron chi connectivity index (χ4n) is 3.28. The number of carbonyl (C=O) groups excluding carboxylic acids is 2. The number of hydrogen-bond acceptors (Lipinski definition) is 4. The van der Waals surface area contributed by atoms with Crippen LogP contribution in [0.5, 0.6) is 0 Å². The molecule has 0 aliphatic rings. The summed E-state index contributed by atoms with van der Waals surface area (Å²) in [6.07, 6.45) is 21.4. The van der Waals surface area contributed by atoms with Gasteiger partial charge < -0.3 is 10.1 Å².